The van der Waals surface area contributed by atoms with Gasteiger partial charge in [0.2, 0.25) is 11.4 Å². The maximum absolute atomic E-state index is 9.88. The van der Waals surface area contributed by atoms with Crippen LogP contribution in [0, 0.1) is 10.8 Å². The standard InChI is InChI=1S/C46H74N4O6S2/c1-45(2,3)35-11-13-37-41(31-35)57-43-33-40-44(34-39(43)47(37)15-7-9-17-49(19-25-51,20-26-52)21-27-53)58-42-32-36(46(4,5)6)12-14-38(42)48(40)16-8-10-18-50(22-28-54,23-29-55)24-30-56/h11-14,31-34,41-42,51-56H,7-10,15-30H2,1-6H3/q+4. The normalized spacial score (nSPS) is 19.5. The van der Waals surface area contributed by atoms with Crippen molar-refractivity contribution in [2.75, 3.05) is 105 Å². The minimum Gasteiger partial charge on any atom is -0.391 e. The summed E-state index contributed by atoms with van der Waals surface area (Å²) >= 11 is 3.88. The van der Waals surface area contributed by atoms with Gasteiger partial charge in [-0.15, -0.1) is 23.5 Å². The summed E-state index contributed by atoms with van der Waals surface area (Å²) in [5, 5.41) is 59.7. The smallest absolute Gasteiger partial charge is 0.220 e. The van der Waals surface area contributed by atoms with E-state index in [0.29, 0.717) is 48.2 Å². The van der Waals surface area contributed by atoms with E-state index in [4.69, 9.17) is 0 Å². The number of thioether (sulfide) groups is 2. The second-order valence-electron chi connectivity index (χ2n) is 18.7. The number of unbranched alkanes of at least 4 members (excludes halogenated alkanes) is 2. The molecule has 2 heterocycles. The van der Waals surface area contributed by atoms with E-state index in [2.05, 4.69) is 99.3 Å². The first-order valence-electron chi connectivity index (χ1n) is 21.6. The van der Waals surface area contributed by atoms with E-state index in [0.717, 1.165) is 51.9 Å². The highest BCUT2D eigenvalue weighted by molar-refractivity contribution is 8.01. The van der Waals surface area contributed by atoms with Gasteiger partial charge in [-0.05, 0) is 22.0 Å². The van der Waals surface area contributed by atoms with Crippen LogP contribution in [-0.2, 0) is 0 Å². The molecule has 1 aromatic carbocycles. The Kier molecular flexibility index (Phi) is 16.7. The Hall–Kier alpha value is -2.10. The van der Waals surface area contributed by atoms with Crippen molar-refractivity contribution in [3.63, 3.8) is 0 Å². The van der Waals surface area contributed by atoms with Gasteiger partial charge in [0.15, 0.2) is 11.4 Å². The van der Waals surface area contributed by atoms with Gasteiger partial charge in [-0.2, -0.15) is 9.15 Å². The zero-order valence-corrected chi connectivity index (χ0v) is 37.8. The number of aliphatic hydroxyl groups excluding tert-OH is 6. The molecule has 0 aromatic heterocycles. The zero-order valence-electron chi connectivity index (χ0n) is 36.2. The predicted molar refractivity (Wildman–Crippen MR) is 239 cm³/mol. The molecule has 2 atom stereocenters. The first kappa shape index (κ1) is 47.0. The van der Waals surface area contributed by atoms with Crippen LogP contribution in [0.4, 0.5) is 11.4 Å². The molecule has 322 valence electrons. The molecule has 2 aliphatic heterocycles. The van der Waals surface area contributed by atoms with Crippen molar-refractivity contribution in [3.05, 3.63) is 59.7 Å². The summed E-state index contributed by atoms with van der Waals surface area (Å²) in [6.45, 7) is 20.3. The quantitative estimate of drug-likeness (QED) is 0.0546. The Labute approximate surface area is 356 Å². The summed E-state index contributed by atoms with van der Waals surface area (Å²) in [5.41, 5.74) is 7.86. The van der Waals surface area contributed by atoms with Crippen LogP contribution < -0.4 is 0 Å². The molecular weight excluding hydrogens is 769 g/mol. The van der Waals surface area contributed by atoms with Crippen LogP contribution in [0.3, 0.4) is 0 Å². The molecule has 0 saturated heterocycles. The second kappa shape index (κ2) is 20.6. The van der Waals surface area contributed by atoms with Gasteiger partial charge in [0.1, 0.15) is 62.9 Å². The Morgan fingerprint density at radius 3 is 1.10 bits per heavy atom. The van der Waals surface area contributed by atoms with E-state index in [1.54, 1.807) is 0 Å². The van der Waals surface area contributed by atoms with Crippen LogP contribution in [0.25, 0.3) is 0 Å². The average molecular weight is 843 g/mol. The molecule has 0 radical (unpaired) electrons. The topological polar surface area (TPSA) is 127 Å². The van der Waals surface area contributed by atoms with Crippen molar-refractivity contribution in [1.29, 1.82) is 0 Å². The average Bonchev–Trinajstić information content (AvgIpc) is 3.16. The van der Waals surface area contributed by atoms with E-state index in [1.807, 2.05) is 23.5 Å². The molecule has 1 aromatic rings. The van der Waals surface area contributed by atoms with Crippen molar-refractivity contribution in [2.24, 2.45) is 10.8 Å². The largest absolute Gasteiger partial charge is 0.391 e. The molecule has 2 aliphatic carbocycles. The molecule has 10 nitrogen and oxygen atoms in total. The van der Waals surface area contributed by atoms with Gasteiger partial charge in [-0.1, -0.05) is 65.8 Å². The van der Waals surface area contributed by atoms with E-state index in [1.165, 1.54) is 43.7 Å². The molecule has 58 heavy (non-hydrogen) atoms. The van der Waals surface area contributed by atoms with Crippen molar-refractivity contribution >= 4 is 46.3 Å². The highest BCUT2D eigenvalue weighted by Gasteiger charge is 2.42. The Morgan fingerprint density at radius 2 is 0.810 bits per heavy atom. The van der Waals surface area contributed by atoms with E-state index in [9.17, 15) is 30.6 Å². The third-order valence-corrected chi connectivity index (χ3v) is 15.0. The molecule has 6 N–H and O–H groups in total. The van der Waals surface area contributed by atoms with E-state index < -0.39 is 0 Å². The fourth-order valence-corrected chi connectivity index (χ4v) is 11.6. The van der Waals surface area contributed by atoms with Crippen LogP contribution >= 0.6 is 23.5 Å². The van der Waals surface area contributed by atoms with Crippen LogP contribution in [0.5, 0.6) is 0 Å². The molecule has 2 unspecified atom stereocenters. The fourth-order valence-electron chi connectivity index (χ4n) is 9.07. The number of hydrogen-bond donors (Lipinski definition) is 6. The second-order valence-corrected chi connectivity index (χ2v) is 21.0. The zero-order chi connectivity index (χ0) is 42.1. The van der Waals surface area contributed by atoms with Gasteiger partial charge >= 0.3 is 0 Å². The minimum absolute atomic E-state index is 0.0306. The molecule has 0 bridgehead atoms. The van der Waals surface area contributed by atoms with Gasteiger partial charge in [-0.25, -0.2) is 0 Å². The van der Waals surface area contributed by atoms with Crippen molar-refractivity contribution in [3.8, 4) is 0 Å². The monoisotopic (exact) mass is 843 g/mol. The van der Waals surface area contributed by atoms with Gasteiger partial charge in [-0.3, -0.25) is 0 Å². The minimum atomic E-state index is 0.0306. The lowest BCUT2D eigenvalue weighted by atomic mass is 9.83. The van der Waals surface area contributed by atoms with Crippen LogP contribution in [0.2, 0.25) is 0 Å². The molecule has 5 rings (SSSR count). The first-order valence-corrected chi connectivity index (χ1v) is 23.4. The number of nitrogens with zero attached hydrogens (tertiary/aromatic N) is 4. The molecule has 0 spiro atoms. The molecule has 0 saturated carbocycles. The number of aliphatic hydroxyl groups is 6. The van der Waals surface area contributed by atoms with E-state index >= 15 is 0 Å². The third kappa shape index (κ3) is 11.2. The lowest BCUT2D eigenvalue weighted by molar-refractivity contribution is -0.929. The fraction of sp³-hybridized carbons (Fsp3) is 0.652. The summed E-state index contributed by atoms with van der Waals surface area (Å²) < 4.78 is 6.14. The number of fused-ring (bicyclic) bond motifs is 4. The third-order valence-electron chi connectivity index (χ3n) is 12.6. The van der Waals surface area contributed by atoms with Crippen LogP contribution in [0.15, 0.2) is 69.5 Å². The molecule has 0 amide bonds. The Bertz CT molecular complexity index is 1610. The highest BCUT2D eigenvalue weighted by Crippen LogP contribution is 2.50. The SMILES string of the molecule is CC(C)(C)C1=CC2Sc3cc4c(cc3[N+](CCCC[N+](CCO)(CCO)CCO)=C2C=C1)SC1C=C(C(C)(C)C)C=CC1=[N+]4CCCC[N+](CCO)(CCO)CCO. The maximum atomic E-state index is 9.88. The van der Waals surface area contributed by atoms with Gasteiger partial charge in [0, 0.05) is 50.0 Å². The number of hydrogen-bond acceptors (Lipinski definition) is 8. The summed E-state index contributed by atoms with van der Waals surface area (Å²) in [4.78, 5) is 2.55. The molecule has 12 heteroatoms. The van der Waals surface area contributed by atoms with Gasteiger partial charge in [0.05, 0.1) is 62.5 Å². The van der Waals surface area contributed by atoms with Gasteiger partial charge in [0.25, 0.3) is 0 Å². The highest BCUT2D eigenvalue weighted by atomic mass is 32.2. The number of rotatable bonds is 22. The van der Waals surface area contributed by atoms with Crippen molar-refractivity contribution in [2.45, 2.75) is 87.5 Å². The number of benzene rings is 1. The predicted octanol–water partition coefficient (Wildman–Crippen LogP) is 5.04. The molecule has 0 fully saturated rings. The van der Waals surface area contributed by atoms with Crippen molar-refractivity contribution < 1.29 is 48.8 Å². The first-order chi connectivity index (χ1) is 27.7. The lowest BCUT2D eigenvalue weighted by Crippen LogP contribution is -2.54. The molecular formula is C46H74N4O6S2+4. The van der Waals surface area contributed by atoms with E-state index in [-0.39, 0.29) is 61.0 Å². The number of quaternary nitrogens is 2. The Morgan fingerprint density at radius 1 is 0.483 bits per heavy atom. The number of allylic oxidation sites excluding steroid dienone is 6. The summed E-state index contributed by atoms with van der Waals surface area (Å²) in [7, 11) is 0. The molecule has 4 aliphatic rings. The van der Waals surface area contributed by atoms with Crippen molar-refractivity contribution in [1.82, 2.24) is 0 Å². The summed E-state index contributed by atoms with van der Waals surface area (Å²) in [6.07, 6.45) is 17.9. The lowest BCUT2D eigenvalue weighted by Gasteiger charge is -2.37. The van der Waals surface area contributed by atoms with Crippen LogP contribution in [0.1, 0.15) is 67.2 Å². The maximum Gasteiger partial charge on any atom is 0.220 e. The van der Waals surface area contributed by atoms with Crippen LogP contribution in [-0.4, -0.2) is 176 Å². The Balaban J connectivity index is 1.51. The summed E-state index contributed by atoms with van der Waals surface area (Å²) in [6, 6.07) is 4.87. The summed E-state index contributed by atoms with van der Waals surface area (Å²) in [5.74, 6) is 0. The van der Waals surface area contributed by atoms with Gasteiger partial charge < -0.3 is 39.6 Å².